The second-order valence-electron chi connectivity index (χ2n) is 6.30. The molecule has 136 valence electrons. The fourth-order valence-electron chi connectivity index (χ4n) is 2.66. The standard InChI is InChI=1S/C22H21N3O2/c1-16(26)20-8-4-18(5-9-20)15-24-22(27)25-21-10-6-17(7-11-21)13-19-3-2-12-23-14-19/h2-12,14H,13,15H2,1H3,(H2,24,25,27). The van der Waals surface area contributed by atoms with Crippen LogP contribution in [0.4, 0.5) is 10.5 Å². The summed E-state index contributed by atoms with van der Waals surface area (Å²) in [7, 11) is 0. The third-order valence-corrected chi connectivity index (χ3v) is 4.16. The number of carbonyl (C=O) groups is 2. The number of nitrogens with one attached hydrogen (secondary N) is 2. The molecule has 0 aliphatic rings. The molecule has 0 fully saturated rings. The van der Waals surface area contributed by atoms with E-state index in [-0.39, 0.29) is 11.8 Å². The summed E-state index contributed by atoms with van der Waals surface area (Å²) in [6.45, 7) is 1.92. The maximum absolute atomic E-state index is 12.1. The van der Waals surface area contributed by atoms with Crippen LogP contribution in [-0.2, 0) is 13.0 Å². The number of ketones is 1. The Kier molecular flexibility index (Phi) is 5.94. The van der Waals surface area contributed by atoms with Crippen molar-refractivity contribution in [2.75, 3.05) is 5.32 Å². The van der Waals surface area contributed by atoms with E-state index in [2.05, 4.69) is 15.6 Å². The van der Waals surface area contributed by atoms with Crippen LogP contribution >= 0.6 is 0 Å². The number of hydrogen-bond acceptors (Lipinski definition) is 3. The molecule has 2 amide bonds. The van der Waals surface area contributed by atoms with Gasteiger partial charge in [-0.2, -0.15) is 0 Å². The quantitative estimate of drug-likeness (QED) is 0.648. The summed E-state index contributed by atoms with van der Waals surface area (Å²) in [5.41, 5.74) is 4.62. The van der Waals surface area contributed by atoms with Gasteiger partial charge in [0.1, 0.15) is 0 Å². The van der Waals surface area contributed by atoms with Crippen LogP contribution in [0.5, 0.6) is 0 Å². The van der Waals surface area contributed by atoms with Gasteiger partial charge in [-0.05, 0) is 48.2 Å². The van der Waals surface area contributed by atoms with Gasteiger partial charge < -0.3 is 10.6 Å². The zero-order chi connectivity index (χ0) is 19.1. The first-order valence-corrected chi connectivity index (χ1v) is 8.73. The first-order chi connectivity index (χ1) is 13.1. The highest BCUT2D eigenvalue weighted by Gasteiger charge is 2.04. The first-order valence-electron chi connectivity index (χ1n) is 8.73. The van der Waals surface area contributed by atoms with Crippen molar-refractivity contribution in [3.63, 3.8) is 0 Å². The monoisotopic (exact) mass is 359 g/mol. The molecule has 0 spiro atoms. The van der Waals surface area contributed by atoms with E-state index in [1.54, 1.807) is 18.3 Å². The topological polar surface area (TPSA) is 71.1 Å². The van der Waals surface area contributed by atoms with E-state index < -0.39 is 0 Å². The van der Waals surface area contributed by atoms with Crippen LogP contribution in [-0.4, -0.2) is 16.8 Å². The van der Waals surface area contributed by atoms with Crippen molar-refractivity contribution in [2.24, 2.45) is 0 Å². The number of nitrogens with zero attached hydrogens (tertiary/aromatic N) is 1. The highest BCUT2D eigenvalue weighted by molar-refractivity contribution is 5.94. The molecule has 0 aliphatic carbocycles. The van der Waals surface area contributed by atoms with Gasteiger partial charge in [0.05, 0.1) is 0 Å². The molecule has 27 heavy (non-hydrogen) atoms. The van der Waals surface area contributed by atoms with Gasteiger partial charge in [-0.15, -0.1) is 0 Å². The van der Waals surface area contributed by atoms with E-state index in [1.807, 2.05) is 54.7 Å². The normalized spacial score (nSPS) is 10.3. The summed E-state index contributed by atoms with van der Waals surface area (Å²) in [6, 6.07) is 18.6. The third-order valence-electron chi connectivity index (χ3n) is 4.16. The van der Waals surface area contributed by atoms with E-state index in [0.29, 0.717) is 12.1 Å². The lowest BCUT2D eigenvalue weighted by Crippen LogP contribution is -2.28. The molecule has 5 heteroatoms. The summed E-state index contributed by atoms with van der Waals surface area (Å²) >= 11 is 0. The lowest BCUT2D eigenvalue weighted by molar-refractivity contribution is 0.101. The van der Waals surface area contributed by atoms with Crippen molar-refractivity contribution in [1.29, 1.82) is 0 Å². The number of benzene rings is 2. The predicted molar refractivity (Wildman–Crippen MR) is 106 cm³/mol. The van der Waals surface area contributed by atoms with E-state index in [9.17, 15) is 9.59 Å². The Morgan fingerprint density at radius 1 is 0.889 bits per heavy atom. The number of aromatic nitrogens is 1. The molecular formula is C22H21N3O2. The van der Waals surface area contributed by atoms with Crippen molar-refractivity contribution < 1.29 is 9.59 Å². The number of pyridine rings is 1. The van der Waals surface area contributed by atoms with Crippen LogP contribution in [0.2, 0.25) is 0 Å². The van der Waals surface area contributed by atoms with Crippen LogP contribution in [0.3, 0.4) is 0 Å². The van der Waals surface area contributed by atoms with Gasteiger partial charge in [0, 0.05) is 30.2 Å². The summed E-state index contributed by atoms with van der Waals surface area (Å²) < 4.78 is 0. The van der Waals surface area contributed by atoms with Crippen LogP contribution in [0, 0.1) is 0 Å². The van der Waals surface area contributed by atoms with Crippen molar-refractivity contribution in [3.8, 4) is 0 Å². The Labute approximate surface area is 158 Å². The molecule has 0 unspecified atom stereocenters. The van der Waals surface area contributed by atoms with Crippen LogP contribution in [0.25, 0.3) is 0 Å². The average molecular weight is 359 g/mol. The van der Waals surface area contributed by atoms with Crippen LogP contribution in [0.1, 0.15) is 34.0 Å². The summed E-state index contributed by atoms with van der Waals surface area (Å²) in [5, 5.41) is 5.62. The number of hydrogen-bond donors (Lipinski definition) is 2. The Morgan fingerprint density at radius 2 is 1.59 bits per heavy atom. The van der Waals surface area contributed by atoms with Gasteiger partial charge in [0.2, 0.25) is 0 Å². The van der Waals surface area contributed by atoms with E-state index >= 15 is 0 Å². The molecule has 0 radical (unpaired) electrons. The zero-order valence-electron chi connectivity index (χ0n) is 15.1. The Balaban J connectivity index is 1.49. The maximum Gasteiger partial charge on any atom is 0.319 e. The lowest BCUT2D eigenvalue weighted by atomic mass is 10.1. The molecule has 0 bridgehead atoms. The molecule has 0 saturated heterocycles. The number of amides is 2. The minimum atomic E-state index is -0.273. The summed E-state index contributed by atoms with van der Waals surface area (Å²) in [6.07, 6.45) is 4.41. The zero-order valence-corrected chi connectivity index (χ0v) is 15.1. The molecule has 3 aromatic rings. The largest absolute Gasteiger partial charge is 0.334 e. The van der Waals surface area contributed by atoms with Crippen molar-refractivity contribution in [2.45, 2.75) is 19.9 Å². The molecule has 1 aromatic heterocycles. The van der Waals surface area contributed by atoms with Crippen LogP contribution in [0.15, 0.2) is 73.1 Å². The SMILES string of the molecule is CC(=O)c1ccc(CNC(=O)Nc2ccc(Cc3cccnc3)cc2)cc1. The van der Waals surface area contributed by atoms with Gasteiger partial charge in [-0.25, -0.2) is 4.79 Å². The first kappa shape index (κ1) is 18.3. The van der Waals surface area contributed by atoms with Crippen molar-refractivity contribution in [1.82, 2.24) is 10.3 Å². The average Bonchev–Trinajstić information content (AvgIpc) is 2.69. The number of carbonyl (C=O) groups excluding carboxylic acids is 2. The molecule has 2 N–H and O–H groups in total. The molecule has 0 saturated carbocycles. The summed E-state index contributed by atoms with van der Waals surface area (Å²) in [4.78, 5) is 27.4. The maximum atomic E-state index is 12.1. The highest BCUT2D eigenvalue weighted by atomic mass is 16.2. The molecule has 3 rings (SSSR count). The molecule has 2 aromatic carbocycles. The number of Topliss-reactive ketones (excluding diaryl/α,β-unsaturated/α-hetero) is 1. The number of anilines is 1. The second-order valence-corrected chi connectivity index (χ2v) is 6.30. The molecular weight excluding hydrogens is 338 g/mol. The van der Waals surface area contributed by atoms with Crippen LogP contribution < -0.4 is 10.6 Å². The van der Waals surface area contributed by atoms with Crippen molar-refractivity contribution in [3.05, 3.63) is 95.3 Å². The molecule has 0 aliphatic heterocycles. The molecule has 1 heterocycles. The minimum absolute atomic E-state index is 0.0271. The fraction of sp³-hybridized carbons (Fsp3) is 0.136. The molecule has 0 atom stereocenters. The highest BCUT2D eigenvalue weighted by Crippen LogP contribution is 2.13. The predicted octanol–water partition coefficient (Wildman–Crippen LogP) is 4.20. The lowest BCUT2D eigenvalue weighted by Gasteiger charge is -2.09. The number of rotatable bonds is 6. The van der Waals surface area contributed by atoms with Crippen molar-refractivity contribution >= 4 is 17.5 Å². The Hall–Kier alpha value is -3.47. The van der Waals surface area contributed by atoms with E-state index in [4.69, 9.17) is 0 Å². The van der Waals surface area contributed by atoms with Gasteiger partial charge in [0.15, 0.2) is 5.78 Å². The van der Waals surface area contributed by atoms with E-state index in [1.165, 1.54) is 6.92 Å². The second kappa shape index (κ2) is 8.76. The molecule has 5 nitrogen and oxygen atoms in total. The summed E-state index contributed by atoms with van der Waals surface area (Å²) in [5.74, 6) is 0.0271. The fourth-order valence-corrected chi connectivity index (χ4v) is 2.66. The van der Waals surface area contributed by atoms with Gasteiger partial charge in [0.25, 0.3) is 0 Å². The van der Waals surface area contributed by atoms with E-state index in [0.717, 1.165) is 28.8 Å². The Morgan fingerprint density at radius 3 is 2.22 bits per heavy atom. The van der Waals surface area contributed by atoms with Gasteiger partial charge >= 0.3 is 6.03 Å². The third kappa shape index (κ3) is 5.51. The van der Waals surface area contributed by atoms with Gasteiger partial charge in [-0.3, -0.25) is 9.78 Å². The Bertz CT molecular complexity index is 905. The smallest absolute Gasteiger partial charge is 0.319 e. The minimum Gasteiger partial charge on any atom is -0.334 e. The number of urea groups is 1. The van der Waals surface area contributed by atoms with Gasteiger partial charge in [-0.1, -0.05) is 42.5 Å².